The van der Waals surface area contributed by atoms with E-state index in [1.165, 1.54) is 0 Å². The SMILES string of the molecule is N#Cc1cc(Cl)c2ccoc2c1. The number of hydrogen-bond acceptors (Lipinski definition) is 2. The lowest BCUT2D eigenvalue weighted by molar-refractivity contribution is 0.616. The quantitative estimate of drug-likeness (QED) is 0.620. The zero-order chi connectivity index (χ0) is 8.55. The minimum Gasteiger partial charge on any atom is -0.464 e. The predicted octanol–water partition coefficient (Wildman–Crippen LogP) is 2.96. The molecule has 0 saturated heterocycles. The molecule has 0 spiro atoms. The molecule has 2 nitrogen and oxygen atoms in total. The van der Waals surface area contributed by atoms with Gasteiger partial charge in [-0.3, -0.25) is 0 Å². The average Bonchev–Trinajstić information content (AvgIpc) is 2.52. The highest BCUT2D eigenvalue weighted by Gasteiger charge is 2.03. The molecule has 58 valence electrons. The number of nitriles is 1. The van der Waals surface area contributed by atoms with Crippen molar-refractivity contribution in [1.82, 2.24) is 0 Å². The van der Waals surface area contributed by atoms with Gasteiger partial charge in [-0.1, -0.05) is 11.6 Å². The van der Waals surface area contributed by atoms with E-state index in [2.05, 4.69) is 0 Å². The molecule has 0 aliphatic rings. The van der Waals surface area contributed by atoms with E-state index in [1.54, 1.807) is 24.5 Å². The second-order valence-corrected chi connectivity index (χ2v) is 2.81. The Kier molecular flexibility index (Phi) is 1.53. The van der Waals surface area contributed by atoms with E-state index >= 15 is 0 Å². The third kappa shape index (κ3) is 0.956. The van der Waals surface area contributed by atoms with Gasteiger partial charge in [0.05, 0.1) is 22.9 Å². The van der Waals surface area contributed by atoms with Gasteiger partial charge >= 0.3 is 0 Å². The van der Waals surface area contributed by atoms with Crippen LogP contribution in [-0.4, -0.2) is 0 Å². The highest BCUT2D eigenvalue weighted by molar-refractivity contribution is 6.35. The molecule has 1 aromatic carbocycles. The van der Waals surface area contributed by atoms with Crippen molar-refractivity contribution in [3.05, 3.63) is 35.0 Å². The van der Waals surface area contributed by atoms with Crippen molar-refractivity contribution in [3.63, 3.8) is 0 Å². The number of rotatable bonds is 0. The van der Waals surface area contributed by atoms with Crippen LogP contribution in [0.5, 0.6) is 0 Å². The smallest absolute Gasteiger partial charge is 0.136 e. The summed E-state index contributed by atoms with van der Waals surface area (Å²) in [5.41, 5.74) is 1.17. The van der Waals surface area contributed by atoms with Crippen LogP contribution in [0.1, 0.15) is 5.56 Å². The van der Waals surface area contributed by atoms with Crippen LogP contribution >= 0.6 is 11.6 Å². The fraction of sp³-hybridized carbons (Fsp3) is 0. The average molecular weight is 178 g/mol. The van der Waals surface area contributed by atoms with Crippen LogP contribution in [0.3, 0.4) is 0 Å². The minimum atomic E-state index is 0.516. The molecule has 3 heteroatoms. The molecule has 0 radical (unpaired) electrons. The monoisotopic (exact) mass is 177 g/mol. The minimum absolute atomic E-state index is 0.516. The summed E-state index contributed by atoms with van der Waals surface area (Å²) in [7, 11) is 0. The van der Waals surface area contributed by atoms with Crippen LogP contribution in [0.4, 0.5) is 0 Å². The number of hydrogen-bond donors (Lipinski definition) is 0. The Labute approximate surface area is 74.0 Å². The number of halogens is 1. The van der Waals surface area contributed by atoms with E-state index in [0.717, 1.165) is 5.39 Å². The molecule has 0 amide bonds. The molecular formula is C9H4ClNO. The van der Waals surface area contributed by atoms with Crippen LogP contribution in [0.2, 0.25) is 5.02 Å². The number of fused-ring (bicyclic) bond motifs is 1. The summed E-state index contributed by atoms with van der Waals surface area (Å²) in [6.07, 6.45) is 1.55. The second-order valence-electron chi connectivity index (χ2n) is 2.40. The number of furan rings is 1. The highest BCUT2D eigenvalue weighted by atomic mass is 35.5. The Morgan fingerprint density at radius 2 is 2.25 bits per heavy atom. The highest BCUT2D eigenvalue weighted by Crippen LogP contribution is 2.25. The lowest BCUT2D eigenvalue weighted by atomic mass is 10.2. The first kappa shape index (κ1) is 7.20. The zero-order valence-electron chi connectivity index (χ0n) is 6.04. The van der Waals surface area contributed by atoms with Gasteiger partial charge in [0.2, 0.25) is 0 Å². The van der Waals surface area contributed by atoms with Gasteiger partial charge in [-0.05, 0) is 18.2 Å². The molecular weight excluding hydrogens is 174 g/mol. The molecule has 0 atom stereocenters. The summed E-state index contributed by atoms with van der Waals surface area (Å²) in [4.78, 5) is 0. The molecule has 2 rings (SSSR count). The Morgan fingerprint density at radius 3 is 3.00 bits per heavy atom. The van der Waals surface area contributed by atoms with E-state index < -0.39 is 0 Å². The Balaban J connectivity index is 2.86. The molecule has 1 aromatic heterocycles. The van der Waals surface area contributed by atoms with Crippen molar-refractivity contribution in [1.29, 1.82) is 5.26 Å². The third-order valence-electron chi connectivity index (χ3n) is 1.65. The lowest BCUT2D eigenvalue weighted by Crippen LogP contribution is -1.73. The summed E-state index contributed by atoms with van der Waals surface area (Å²) in [6, 6.07) is 7.07. The molecule has 0 aliphatic heterocycles. The summed E-state index contributed by atoms with van der Waals surface area (Å²) < 4.78 is 5.11. The number of nitrogens with zero attached hydrogens (tertiary/aromatic N) is 1. The maximum Gasteiger partial charge on any atom is 0.136 e. The van der Waals surface area contributed by atoms with Crippen molar-refractivity contribution >= 4 is 22.6 Å². The van der Waals surface area contributed by atoms with Gasteiger partial charge < -0.3 is 4.42 Å². The Bertz CT molecular complexity index is 467. The normalized spacial score (nSPS) is 10.0. The topological polar surface area (TPSA) is 36.9 Å². The van der Waals surface area contributed by atoms with Crippen LogP contribution in [0.25, 0.3) is 11.0 Å². The van der Waals surface area contributed by atoms with Crippen molar-refractivity contribution in [3.8, 4) is 6.07 Å². The van der Waals surface area contributed by atoms with E-state index in [1.807, 2.05) is 6.07 Å². The summed E-state index contributed by atoms with van der Waals surface area (Å²) >= 11 is 5.87. The van der Waals surface area contributed by atoms with Gasteiger partial charge in [0.1, 0.15) is 5.58 Å². The van der Waals surface area contributed by atoms with E-state index in [0.29, 0.717) is 16.2 Å². The second kappa shape index (κ2) is 2.54. The van der Waals surface area contributed by atoms with Crippen molar-refractivity contribution in [2.45, 2.75) is 0 Å². The van der Waals surface area contributed by atoms with Crippen LogP contribution in [0.15, 0.2) is 28.9 Å². The fourth-order valence-electron chi connectivity index (χ4n) is 1.09. The number of benzene rings is 1. The van der Waals surface area contributed by atoms with Gasteiger partial charge in [0.25, 0.3) is 0 Å². The molecule has 0 N–H and O–H groups in total. The Morgan fingerprint density at radius 1 is 1.42 bits per heavy atom. The molecule has 1 heterocycles. The van der Waals surface area contributed by atoms with Gasteiger partial charge in [0, 0.05) is 5.39 Å². The maximum absolute atomic E-state index is 8.61. The van der Waals surface area contributed by atoms with Crippen molar-refractivity contribution < 1.29 is 4.42 Å². The molecule has 0 unspecified atom stereocenters. The third-order valence-corrected chi connectivity index (χ3v) is 1.96. The summed E-state index contributed by atoms with van der Waals surface area (Å²) in [5, 5.41) is 10.0. The summed E-state index contributed by atoms with van der Waals surface area (Å²) in [6.45, 7) is 0. The lowest BCUT2D eigenvalue weighted by Gasteiger charge is -1.92. The Hall–Kier alpha value is -1.46. The first-order valence-corrected chi connectivity index (χ1v) is 3.76. The van der Waals surface area contributed by atoms with E-state index in [9.17, 15) is 0 Å². The van der Waals surface area contributed by atoms with Crippen LogP contribution in [-0.2, 0) is 0 Å². The molecule has 2 aromatic rings. The molecule has 0 bridgehead atoms. The standard InChI is InChI=1S/C9H4ClNO/c10-8-3-6(5-11)4-9-7(8)1-2-12-9/h1-4H. The van der Waals surface area contributed by atoms with Gasteiger partial charge in [-0.2, -0.15) is 5.26 Å². The first-order chi connectivity index (χ1) is 5.81. The molecule has 0 fully saturated rings. The van der Waals surface area contributed by atoms with Crippen molar-refractivity contribution in [2.24, 2.45) is 0 Å². The van der Waals surface area contributed by atoms with Gasteiger partial charge in [-0.15, -0.1) is 0 Å². The van der Waals surface area contributed by atoms with E-state index in [4.69, 9.17) is 21.3 Å². The van der Waals surface area contributed by atoms with Crippen LogP contribution < -0.4 is 0 Å². The molecule has 0 aliphatic carbocycles. The fourth-order valence-corrected chi connectivity index (χ4v) is 1.37. The molecule has 12 heavy (non-hydrogen) atoms. The molecule has 0 saturated carbocycles. The van der Waals surface area contributed by atoms with Crippen LogP contribution in [0, 0.1) is 11.3 Å². The van der Waals surface area contributed by atoms with Gasteiger partial charge in [-0.25, -0.2) is 0 Å². The van der Waals surface area contributed by atoms with Gasteiger partial charge in [0.15, 0.2) is 0 Å². The largest absolute Gasteiger partial charge is 0.464 e. The predicted molar refractivity (Wildman–Crippen MR) is 45.9 cm³/mol. The maximum atomic E-state index is 8.61. The van der Waals surface area contributed by atoms with Crippen molar-refractivity contribution in [2.75, 3.05) is 0 Å². The van der Waals surface area contributed by atoms with E-state index in [-0.39, 0.29) is 0 Å². The first-order valence-electron chi connectivity index (χ1n) is 3.38. The zero-order valence-corrected chi connectivity index (χ0v) is 6.80. The summed E-state index contributed by atoms with van der Waals surface area (Å²) in [5.74, 6) is 0.